The van der Waals surface area contributed by atoms with Crippen LogP contribution >= 0.6 is 0 Å². The minimum Gasteiger partial charge on any atom is -0.396 e. The van der Waals surface area contributed by atoms with Crippen LogP contribution in [-0.2, 0) is 0 Å². The SMILES string of the molecule is CC(C)=CCC(CO)(CO)C(C)C. The molecule has 0 aliphatic carbocycles. The Bertz CT molecular complexity index is 163. The Kier molecular flexibility index (Phi) is 5.26. The summed E-state index contributed by atoms with van der Waals surface area (Å²) in [5.74, 6) is 0.290. The maximum absolute atomic E-state index is 9.27. The van der Waals surface area contributed by atoms with Crippen LogP contribution in [0.5, 0.6) is 0 Å². The molecule has 13 heavy (non-hydrogen) atoms. The van der Waals surface area contributed by atoms with Crippen molar-refractivity contribution in [1.82, 2.24) is 0 Å². The lowest BCUT2D eigenvalue weighted by Crippen LogP contribution is -2.34. The molecule has 0 aliphatic heterocycles. The molecule has 2 nitrogen and oxygen atoms in total. The third-order valence-electron chi connectivity index (χ3n) is 2.77. The number of aliphatic hydroxyl groups excluding tert-OH is 2. The van der Waals surface area contributed by atoms with E-state index in [1.807, 2.05) is 27.7 Å². The summed E-state index contributed by atoms with van der Waals surface area (Å²) in [6, 6.07) is 0. The second-order valence-corrected chi connectivity index (χ2v) is 4.32. The average molecular weight is 186 g/mol. The van der Waals surface area contributed by atoms with Gasteiger partial charge >= 0.3 is 0 Å². The van der Waals surface area contributed by atoms with Crippen molar-refractivity contribution in [2.24, 2.45) is 11.3 Å². The molecule has 0 spiro atoms. The van der Waals surface area contributed by atoms with Crippen LogP contribution in [0.2, 0.25) is 0 Å². The highest BCUT2D eigenvalue weighted by molar-refractivity contribution is 4.98. The second kappa shape index (κ2) is 5.40. The normalized spacial score (nSPS) is 11.9. The van der Waals surface area contributed by atoms with Crippen molar-refractivity contribution in [3.8, 4) is 0 Å². The molecule has 0 aromatic heterocycles. The monoisotopic (exact) mass is 186 g/mol. The van der Waals surface area contributed by atoms with Gasteiger partial charge in [-0.1, -0.05) is 25.5 Å². The number of aliphatic hydroxyl groups is 2. The van der Waals surface area contributed by atoms with Crippen LogP contribution in [0.3, 0.4) is 0 Å². The fourth-order valence-electron chi connectivity index (χ4n) is 1.19. The lowest BCUT2D eigenvalue weighted by Gasteiger charge is -2.33. The van der Waals surface area contributed by atoms with Gasteiger partial charge in [-0.05, 0) is 26.2 Å². The highest BCUT2D eigenvalue weighted by atomic mass is 16.3. The summed E-state index contributed by atoms with van der Waals surface area (Å²) < 4.78 is 0. The van der Waals surface area contributed by atoms with Gasteiger partial charge in [-0.3, -0.25) is 0 Å². The van der Waals surface area contributed by atoms with Crippen LogP contribution in [-0.4, -0.2) is 23.4 Å². The van der Waals surface area contributed by atoms with Crippen molar-refractivity contribution < 1.29 is 10.2 Å². The number of rotatable bonds is 5. The Labute approximate surface area is 81.3 Å². The van der Waals surface area contributed by atoms with E-state index in [-0.39, 0.29) is 24.5 Å². The van der Waals surface area contributed by atoms with Crippen LogP contribution in [0.15, 0.2) is 11.6 Å². The molecule has 0 aromatic rings. The van der Waals surface area contributed by atoms with Gasteiger partial charge in [0.05, 0.1) is 13.2 Å². The van der Waals surface area contributed by atoms with Gasteiger partial charge in [0.15, 0.2) is 0 Å². The molecule has 0 heterocycles. The predicted octanol–water partition coefficient (Wildman–Crippen LogP) is 1.97. The van der Waals surface area contributed by atoms with Crippen LogP contribution in [0, 0.1) is 11.3 Å². The van der Waals surface area contributed by atoms with E-state index in [0.717, 1.165) is 6.42 Å². The summed E-state index contributed by atoms with van der Waals surface area (Å²) in [6.07, 6.45) is 2.83. The summed E-state index contributed by atoms with van der Waals surface area (Å²) in [5, 5.41) is 18.5. The Hall–Kier alpha value is -0.340. The van der Waals surface area contributed by atoms with E-state index in [2.05, 4.69) is 6.08 Å². The maximum Gasteiger partial charge on any atom is 0.0514 e. The van der Waals surface area contributed by atoms with Crippen LogP contribution in [0.25, 0.3) is 0 Å². The molecule has 2 N–H and O–H groups in total. The van der Waals surface area contributed by atoms with Crippen molar-refractivity contribution in [1.29, 1.82) is 0 Å². The summed E-state index contributed by atoms with van der Waals surface area (Å²) in [5.41, 5.74) is 0.879. The largest absolute Gasteiger partial charge is 0.396 e. The van der Waals surface area contributed by atoms with E-state index in [1.54, 1.807) is 0 Å². The number of allylic oxidation sites excluding steroid dienone is 2. The summed E-state index contributed by atoms with van der Waals surface area (Å²) in [4.78, 5) is 0. The smallest absolute Gasteiger partial charge is 0.0514 e. The van der Waals surface area contributed by atoms with E-state index in [1.165, 1.54) is 5.57 Å². The first kappa shape index (κ1) is 12.7. The lowest BCUT2D eigenvalue weighted by atomic mass is 9.75. The topological polar surface area (TPSA) is 40.5 Å². The molecule has 0 unspecified atom stereocenters. The van der Waals surface area contributed by atoms with Gasteiger partial charge in [-0.25, -0.2) is 0 Å². The Morgan fingerprint density at radius 3 is 1.92 bits per heavy atom. The zero-order valence-electron chi connectivity index (χ0n) is 9.17. The van der Waals surface area contributed by atoms with Gasteiger partial charge in [-0.15, -0.1) is 0 Å². The quantitative estimate of drug-likeness (QED) is 0.644. The zero-order valence-corrected chi connectivity index (χ0v) is 9.17. The molecular weight excluding hydrogens is 164 g/mol. The molecule has 0 aromatic carbocycles. The van der Waals surface area contributed by atoms with E-state index < -0.39 is 0 Å². The molecule has 0 saturated carbocycles. The molecule has 0 rings (SSSR count). The van der Waals surface area contributed by atoms with E-state index in [9.17, 15) is 10.2 Å². The molecule has 0 fully saturated rings. The highest BCUT2D eigenvalue weighted by Crippen LogP contribution is 2.31. The van der Waals surface area contributed by atoms with Gasteiger partial charge < -0.3 is 10.2 Å². The Morgan fingerprint density at radius 1 is 1.23 bits per heavy atom. The molecule has 78 valence electrons. The molecule has 2 heteroatoms. The highest BCUT2D eigenvalue weighted by Gasteiger charge is 2.31. The fourth-order valence-corrected chi connectivity index (χ4v) is 1.19. The first-order valence-corrected chi connectivity index (χ1v) is 4.83. The predicted molar refractivity (Wildman–Crippen MR) is 55.5 cm³/mol. The average Bonchev–Trinajstić information content (AvgIpc) is 2.06. The van der Waals surface area contributed by atoms with Crippen molar-refractivity contribution in [3.63, 3.8) is 0 Å². The summed E-state index contributed by atoms with van der Waals surface area (Å²) in [7, 11) is 0. The molecular formula is C11H22O2. The molecule has 0 aliphatic rings. The number of hydrogen-bond acceptors (Lipinski definition) is 2. The standard InChI is InChI=1S/C11H22O2/c1-9(2)5-6-11(7-12,8-13)10(3)4/h5,10,12-13H,6-8H2,1-4H3. The fraction of sp³-hybridized carbons (Fsp3) is 0.818. The van der Waals surface area contributed by atoms with Crippen LogP contribution in [0.4, 0.5) is 0 Å². The summed E-state index contributed by atoms with van der Waals surface area (Å²) >= 11 is 0. The van der Waals surface area contributed by atoms with Gasteiger partial charge in [0.2, 0.25) is 0 Å². The van der Waals surface area contributed by atoms with E-state index in [0.29, 0.717) is 0 Å². The molecule has 0 bridgehead atoms. The van der Waals surface area contributed by atoms with Crippen LogP contribution < -0.4 is 0 Å². The molecule has 0 atom stereocenters. The van der Waals surface area contributed by atoms with Crippen molar-refractivity contribution >= 4 is 0 Å². The van der Waals surface area contributed by atoms with Crippen molar-refractivity contribution in [2.45, 2.75) is 34.1 Å². The minimum atomic E-state index is -0.350. The van der Waals surface area contributed by atoms with Crippen LogP contribution in [0.1, 0.15) is 34.1 Å². The number of hydrogen-bond donors (Lipinski definition) is 2. The van der Waals surface area contributed by atoms with E-state index >= 15 is 0 Å². The second-order valence-electron chi connectivity index (χ2n) is 4.32. The van der Waals surface area contributed by atoms with Gasteiger partial charge in [0, 0.05) is 5.41 Å². The first-order chi connectivity index (χ1) is 5.98. The molecule has 0 saturated heterocycles. The lowest BCUT2D eigenvalue weighted by molar-refractivity contribution is 0.0184. The Morgan fingerprint density at radius 2 is 1.69 bits per heavy atom. The third-order valence-corrected chi connectivity index (χ3v) is 2.77. The van der Waals surface area contributed by atoms with Crippen molar-refractivity contribution in [3.05, 3.63) is 11.6 Å². The third kappa shape index (κ3) is 3.49. The van der Waals surface area contributed by atoms with Gasteiger partial charge in [0.25, 0.3) is 0 Å². The molecule has 0 amide bonds. The minimum absolute atomic E-state index is 0.0466. The maximum atomic E-state index is 9.27. The van der Waals surface area contributed by atoms with Gasteiger partial charge in [-0.2, -0.15) is 0 Å². The van der Waals surface area contributed by atoms with E-state index in [4.69, 9.17) is 0 Å². The van der Waals surface area contributed by atoms with Gasteiger partial charge in [0.1, 0.15) is 0 Å². The van der Waals surface area contributed by atoms with Crippen molar-refractivity contribution in [2.75, 3.05) is 13.2 Å². The molecule has 0 radical (unpaired) electrons. The summed E-state index contributed by atoms with van der Waals surface area (Å²) in [6.45, 7) is 8.21. The first-order valence-electron chi connectivity index (χ1n) is 4.83. The zero-order chi connectivity index (χ0) is 10.5. The Balaban J connectivity index is 4.49.